The van der Waals surface area contributed by atoms with Gasteiger partial charge in [-0.3, -0.25) is 4.79 Å². The van der Waals surface area contributed by atoms with Gasteiger partial charge >= 0.3 is 0 Å². The van der Waals surface area contributed by atoms with Crippen LogP contribution >= 0.6 is 11.3 Å². The van der Waals surface area contributed by atoms with Gasteiger partial charge in [-0.05, 0) is 30.5 Å². The maximum atomic E-state index is 12.7. The number of nitrogen functional groups attached to an aromatic ring is 1. The van der Waals surface area contributed by atoms with E-state index in [9.17, 15) is 9.18 Å². The number of hydrogen-bond acceptors (Lipinski definition) is 4. The van der Waals surface area contributed by atoms with Crippen molar-refractivity contribution in [2.75, 3.05) is 12.3 Å². The smallest absolute Gasteiger partial charge is 0.220 e. The Morgan fingerprint density at radius 1 is 1.30 bits per heavy atom. The molecule has 0 aliphatic carbocycles. The molecule has 1 heterocycles. The van der Waals surface area contributed by atoms with Gasteiger partial charge in [0.15, 0.2) is 5.13 Å². The van der Waals surface area contributed by atoms with Crippen LogP contribution in [0.15, 0.2) is 29.6 Å². The number of aromatic nitrogens is 1. The molecule has 0 spiro atoms. The number of benzene rings is 1. The standard InChI is InChI=1S/C14H16FN3OS/c15-11-3-1-10(2-4-11)7-8-17-13(19)6-5-12-9-20-14(16)18-12/h1-4,9H,5-8H2,(H2,16,18)(H,17,19). The van der Waals surface area contributed by atoms with Gasteiger partial charge in [-0.1, -0.05) is 12.1 Å². The molecule has 2 rings (SSSR count). The third-order valence-electron chi connectivity index (χ3n) is 2.83. The van der Waals surface area contributed by atoms with Crippen molar-refractivity contribution in [3.05, 3.63) is 46.7 Å². The van der Waals surface area contributed by atoms with E-state index in [1.165, 1.54) is 23.5 Å². The number of nitrogens with one attached hydrogen (secondary N) is 1. The fraction of sp³-hybridized carbons (Fsp3) is 0.286. The van der Waals surface area contributed by atoms with Crippen LogP contribution in [0.1, 0.15) is 17.7 Å². The van der Waals surface area contributed by atoms with E-state index < -0.39 is 0 Å². The number of aryl methyl sites for hydroxylation is 1. The van der Waals surface area contributed by atoms with Gasteiger partial charge < -0.3 is 11.1 Å². The minimum Gasteiger partial charge on any atom is -0.375 e. The second kappa shape index (κ2) is 7.00. The molecule has 2 aromatic rings. The lowest BCUT2D eigenvalue weighted by atomic mass is 10.1. The third-order valence-corrected chi connectivity index (χ3v) is 3.55. The average Bonchev–Trinajstić information content (AvgIpc) is 2.85. The first-order valence-electron chi connectivity index (χ1n) is 6.34. The number of anilines is 1. The molecule has 0 atom stereocenters. The van der Waals surface area contributed by atoms with Crippen LogP contribution < -0.4 is 11.1 Å². The van der Waals surface area contributed by atoms with E-state index in [4.69, 9.17) is 5.73 Å². The summed E-state index contributed by atoms with van der Waals surface area (Å²) in [7, 11) is 0. The Balaban J connectivity index is 1.66. The number of hydrogen-bond donors (Lipinski definition) is 2. The van der Waals surface area contributed by atoms with Crippen LogP contribution in [0.4, 0.5) is 9.52 Å². The number of halogens is 1. The van der Waals surface area contributed by atoms with Crippen molar-refractivity contribution in [3.8, 4) is 0 Å². The predicted molar refractivity (Wildman–Crippen MR) is 78.0 cm³/mol. The molecule has 1 aromatic heterocycles. The van der Waals surface area contributed by atoms with E-state index in [2.05, 4.69) is 10.3 Å². The SMILES string of the molecule is Nc1nc(CCC(=O)NCCc2ccc(F)cc2)cs1. The van der Waals surface area contributed by atoms with E-state index >= 15 is 0 Å². The second-order valence-corrected chi connectivity index (χ2v) is 5.29. The topological polar surface area (TPSA) is 68.0 Å². The van der Waals surface area contributed by atoms with Crippen molar-refractivity contribution in [2.24, 2.45) is 0 Å². The minimum absolute atomic E-state index is 0.0151. The molecule has 0 unspecified atom stereocenters. The molecule has 0 aliphatic rings. The summed E-state index contributed by atoms with van der Waals surface area (Å²) in [5.41, 5.74) is 7.37. The summed E-state index contributed by atoms with van der Waals surface area (Å²) in [6.07, 6.45) is 1.68. The number of rotatable bonds is 6. The van der Waals surface area contributed by atoms with E-state index in [0.29, 0.717) is 30.9 Å². The zero-order valence-corrected chi connectivity index (χ0v) is 11.8. The summed E-state index contributed by atoms with van der Waals surface area (Å²) in [4.78, 5) is 15.7. The van der Waals surface area contributed by atoms with Gasteiger partial charge in [0, 0.05) is 18.3 Å². The highest BCUT2D eigenvalue weighted by molar-refractivity contribution is 7.13. The van der Waals surface area contributed by atoms with Gasteiger partial charge in [0.2, 0.25) is 5.91 Å². The Labute approximate surface area is 120 Å². The monoisotopic (exact) mass is 293 g/mol. The molecule has 3 N–H and O–H groups in total. The van der Waals surface area contributed by atoms with E-state index in [1.54, 1.807) is 12.1 Å². The maximum absolute atomic E-state index is 12.7. The highest BCUT2D eigenvalue weighted by Crippen LogP contribution is 2.12. The molecule has 0 fully saturated rings. The van der Waals surface area contributed by atoms with Gasteiger partial charge in [0.1, 0.15) is 5.82 Å². The molecule has 1 amide bonds. The van der Waals surface area contributed by atoms with E-state index in [0.717, 1.165) is 11.3 Å². The first kappa shape index (κ1) is 14.5. The van der Waals surface area contributed by atoms with Gasteiger partial charge in [0.05, 0.1) is 5.69 Å². The lowest BCUT2D eigenvalue weighted by Crippen LogP contribution is -2.25. The van der Waals surface area contributed by atoms with Gasteiger partial charge in [-0.25, -0.2) is 9.37 Å². The van der Waals surface area contributed by atoms with Crippen molar-refractivity contribution in [1.29, 1.82) is 0 Å². The van der Waals surface area contributed by atoms with E-state index in [1.807, 2.05) is 5.38 Å². The second-order valence-electron chi connectivity index (χ2n) is 4.40. The largest absolute Gasteiger partial charge is 0.375 e. The lowest BCUT2D eigenvalue weighted by molar-refractivity contribution is -0.121. The Hall–Kier alpha value is -1.95. The number of carbonyl (C=O) groups excluding carboxylic acids is 1. The molecule has 106 valence electrons. The minimum atomic E-state index is -0.250. The van der Waals surface area contributed by atoms with Gasteiger partial charge in [-0.2, -0.15) is 0 Å². The molecule has 0 bridgehead atoms. The van der Waals surface area contributed by atoms with Crippen LogP contribution in [0.25, 0.3) is 0 Å². The van der Waals surface area contributed by atoms with Crippen molar-refractivity contribution in [2.45, 2.75) is 19.3 Å². The molecule has 0 radical (unpaired) electrons. The summed E-state index contributed by atoms with van der Waals surface area (Å²) < 4.78 is 12.7. The lowest BCUT2D eigenvalue weighted by Gasteiger charge is -2.04. The number of carbonyl (C=O) groups is 1. The summed E-state index contributed by atoms with van der Waals surface area (Å²) in [6.45, 7) is 0.545. The maximum Gasteiger partial charge on any atom is 0.220 e. The van der Waals surface area contributed by atoms with Crippen LogP contribution in [-0.4, -0.2) is 17.4 Å². The molecule has 0 aliphatic heterocycles. The number of nitrogens with zero attached hydrogens (tertiary/aromatic N) is 1. The Kier molecular flexibility index (Phi) is 5.06. The first-order valence-corrected chi connectivity index (χ1v) is 7.22. The fourth-order valence-electron chi connectivity index (χ4n) is 1.76. The first-order chi connectivity index (χ1) is 9.63. The summed E-state index contributed by atoms with van der Waals surface area (Å²) >= 11 is 1.38. The molecular weight excluding hydrogens is 277 g/mol. The highest BCUT2D eigenvalue weighted by Gasteiger charge is 2.04. The quantitative estimate of drug-likeness (QED) is 0.857. The molecule has 1 aromatic carbocycles. The Morgan fingerprint density at radius 3 is 2.70 bits per heavy atom. The van der Waals surface area contributed by atoms with Crippen LogP contribution in [0.3, 0.4) is 0 Å². The zero-order chi connectivity index (χ0) is 14.4. The molecule has 20 heavy (non-hydrogen) atoms. The van der Waals surface area contributed by atoms with Crippen molar-refractivity contribution < 1.29 is 9.18 Å². The van der Waals surface area contributed by atoms with Gasteiger partial charge in [0.25, 0.3) is 0 Å². The number of nitrogens with two attached hydrogens (primary N) is 1. The van der Waals surface area contributed by atoms with Gasteiger partial charge in [-0.15, -0.1) is 11.3 Å². The number of thiazole rings is 1. The van der Waals surface area contributed by atoms with Crippen LogP contribution in [0, 0.1) is 5.82 Å². The van der Waals surface area contributed by atoms with Crippen LogP contribution in [-0.2, 0) is 17.6 Å². The normalized spacial score (nSPS) is 10.4. The molecular formula is C14H16FN3OS. The van der Waals surface area contributed by atoms with Crippen molar-refractivity contribution in [3.63, 3.8) is 0 Å². The van der Waals surface area contributed by atoms with Crippen molar-refractivity contribution >= 4 is 22.4 Å². The summed E-state index contributed by atoms with van der Waals surface area (Å²) in [5.74, 6) is -0.265. The summed E-state index contributed by atoms with van der Waals surface area (Å²) in [5, 5.41) is 5.22. The Bertz CT molecular complexity index is 568. The van der Waals surface area contributed by atoms with Crippen molar-refractivity contribution in [1.82, 2.24) is 10.3 Å². The summed E-state index contributed by atoms with van der Waals surface area (Å²) in [6, 6.07) is 6.28. The Morgan fingerprint density at radius 2 is 2.05 bits per heavy atom. The fourth-order valence-corrected chi connectivity index (χ4v) is 2.36. The number of amides is 1. The molecule has 4 nitrogen and oxygen atoms in total. The average molecular weight is 293 g/mol. The molecule has 0 saturated carbocycles. The molecule has 6 heteroatoms. The van der Waals surface area contributed by atoms with E-state index in [-0.39, 0.29) is 11.7 Å². The van der Waals surface area contributed by atoms with Crippen LogP contribution in [0.2, 0.25) is 0 Å². The van der Waals surface area contributed by atoms with Crippen LogP contribution in [0.5, 0.6) is 0 Å². The third kappa shape index (κ3) is 4.62. The predicted octanol–water partition coefficient (Wildman–Crippen LogP) is 2.16. The molecule has 0 saturated heterocycles. The highest BCUT2D eigenvalue weighted by atomic mass is 32.1. The zero-order valence-electron chi connectivity index (χ0n) is 10.9.